The minimum Gasteiger partial charge on any atom is -0.353 e. The third-order valence-electron chi connectivity index (χ3n) is 2.09. The molecule has 0 amide bonds. The van der Waals surface area contributed by atoms with Gasteiger partial charge in [0.1, 0.15) is 0 Å². The predicted molar refractivity (Wildman–Crippen MR) is 48.5 cm³/mol. The van der Waals surface area contributed by atoms with E-state index < -0.39 is 12.7 Å². The van der Waals surface area contributed by atoms with Crippen LogP contribution < -0.4 is 0 Å². The summed E-state index contributed by atoms with van der Waals surface area (Å²) in [7, 11) is 1.44. The largest absolute Gasteiger partial charge is 0.401 e. The maximum absolute atomic E-state index is 12.0. The maximum Gasteiger partial charge on any atom is 0.401 e. The first-order valence-electron chi connectivity index (χ1n) is 4.96. The molecule has 1 aliphatic heterocycles. The first-order valence-corrected chi connectivity index (χ1v) is 4.96. The first kappa shape index (κ1) is 12.7. The van der Waals surface area contributed by atoms with Crippen LogP contribution in [0.15, 0.2) is 0 Å². The molecule has 1 saturated heterocycles. The van der Waals surface area contributed by atoms with E-state index in [9.17, 15) is 13.2 Å². The Balaban J connectivity index is 2.12. The molecule has 0 spiro atoms. The molecular formula is C9H16F3NO2. The lowest BCUT2D eigenvalue weighted by Gasteiger charge is -2.25. The molecule has 1 aliphatic rings. The van der Waals surface area contributed by atoms with Crippen molar-refractivity contribution in [2.45, 2.75) is 25.3 Å². The first-order chi connectivity index (χ1) is 6.97. The van der Waals surface area contributed by atoms with Gasteiger partial charge in [-0.25, -0.2) is 0 Å². The molecule has 6 heteroatoms. The summed E-state index contributed by atoms with van der Waals surface area (Å²) in [5.74, 6) is 0. The monoisotopic (exact) mass is 227 g/mol. The van der Waals surface area contributed by atoms with Crippen LogP contribution in [0.4, 0.5) is 13.2 Å². The Labute approximate surface area is 87.1 Å². The summed E-state index contributed by atoms with van der Waals surface area (Å²) in [6.45, 7) is 0.700. The second-order valence-electron chi connectivity index (χ2n) is 3.67. The van der Waals surface area contributed by atoms with Crippen LogP contribution in [0.2, 0.25) is 0 Å². The molecule has 1 rings (SSSR count). The van der Waals surface area contributed by atoms with Crippen molar-refractivity contribution in [3.05, 3.63) is 0 Å². The van der Waals surface area contributed by atoms with Gasteiger partial charge in [0.2, 0.25) is 0 Å². The van der Waals surface area contributed by atoms with Crippen LogP contribution >= 0.6 is 0 Å². The molecule has 0 N–H and O–H groups in total. The summed E-state index contributed by atoms with van der Waals surface area (Å²) in [6, 6.07) is 0. The summed E-state index contributed by atoms with van der Waals surface area (Å²) < 4.78 is 46.4. The van der Waals surface area contributed by atoms with Crippen LogP contribution in [-0.2, 0) is 9.47 Å². The number of rotatable bonds is 4. The summed E-state index contributed by atoms with van der Waals surface area (Å²) in [5.41, 5.74) is 0. The van der Waals surface area contributed by atoms with Gasteiger partial charge in [0.25, 0.3) is 0 Å². The van der Waals surface area contributed by atoms with Gasteiger partial charge in [-0.05, 0) is 13.5 Å². The minimum absolute atomic E-state index is 0.324. The summed E-state index contributed by atoms with van der Waals surface area (Å²) in [5, 5.41) is 0. The molecule has 1 fully saturated rings. The lowest BCUT2D eigenvalue weighted by molar-refractivity contribution is -0.186. The molecule has 0 saturated carbocycles. The van der Waals surface area contributed by atoms with Crippen molar-refractivity contribution in [2.24, 2.45) is 0 Å². The molecule has 3 nitrogen and oxygen atoms in total. The van der Waals surface area contributed by atoms with Gasteiger partial charge in [-0.1, -0.05) is 0 Å². The Morgan fingerprint density at radius 2 is 1.87 bits per heavy atom. The molecule has 1 heterocycles. The summed E-state index contributed by atoms with van der Waals surface area (Å²) in [6.07, 6.45) is -3.14. The fraction of sp³-hybridized carbons (Fsp3) is 1.00. The summed E-state index contributed by atoms with van der Waals surface area (Å²) >= 11 is 0. The Morgan fingerprint density at radius 1 is 1.27 bits per heavy atom. The Hall–Kier alpha value is -0.330. The number of alkyl halides is 3. The number of hydrogen-bond donors (Lipinski definition) is 0. The van der Waals surface area contributed by atoms with Crippen LogP contribution in [0.5, 0.6) is 0 Å². The van der Waals surface area contributed by atoms with E-state index in [2.05, 4.69) is 0 Å². The van der Waals surface area contributed by atoms with Crippen molar-refractivity contribution in [1.29, 1.82) is 0 Å². The van der Waals surface area contributed by atoms with Gasteiger partial charge in [-0.15, -0.1) is 0 Å². The highest BCUT2D eigenvalue weighted by atomic mass is 19.4. The van der Waals surface area contributed by atoms with Crippen molar-refractivity contribution in [1.82, 2.24) is 4.90 Å². The molecule has 90 valence electrons. The van der Waals surface area contributed by atoms with Crippen LogP contribution in [0, 0.1) is 0 Å². The van der Waals surface area contributed by atoms with Gasteiger partial charge in [0, 0.05) is 13.0 Å². The van der Waals surface area contributed by atoms with Crippen LogP contribution in [-0.4, -0.2) is 50.7 Å². The molecule has 0 aromatic heterocycles. The van der Waals surface area contributed by atoms with Crippen molar-refractivity contribution in [2.75, 3.05) is 33.4 Å². The quantitative estimate of drug-likeness (QED) is 0.728. The van der Waals surface area contributed by atoms with E-state index in [4.69, 9.17) is 9.47 Å². The van der Waals surface area contributed by atoms with Crippen molar-refractivity contribution >= 4 is 0 Å². The van der Waals surface area contributed by atoms with E-state index in [0.29, 0.717) is 26.2 Å². The zero-order chi connectivity index (χ0) is 11.3. The lowest BCUT2D eigenvalue weighted by Crippen LogP contribution is -2.35. The molecule has 0 unspecified atom stereocenters. The smallest absolute Gasteiger partial charge is 0.353 e. The molecule has 0 aliphatic carbocycles. The molecular weight excluding hydrogens is 211 g/mol. The average Bonchev–Trinajstić information content (AvgIpc) is 2.14. The average molecular weight is 227 g/mol. The molecule has 0 aromatic carbocycles. The Morgan fingerprint density at radius 3 is 2.40 bits per heavy atom. The normalized spacial score (nSPS) is 19.8. The second kappa shape index (κ2) is 5.67. The topological polar surface area (TPSA) is 21.7 Å². The highest BCUT2D eigenvalue weighted by Crippen LogP contribution is 2.16. The molecule has 15 heavy (non-hydrogen) atoms. The predicted octanol–water partition coefficient (Wildman–Crippen LogP) is 1.63. The van der Waals surface area contributed by atoms with Gasteiger partial charge in [0.05, 0.1) is 19.8 Å². The SMILES string of the molecule is CN(CCC1OCCCO1)CC(F)(F)F. The van der Waals surface area contributed by atoms with Gasteiger partial charge in [0.15, 0.2) is 6.29 Å². The standard InChI is InChI=1S/C9H16F3NO2/c1-13(7-9(10,11)12)4-3-8-14-5-2-6-15-8/h8H,2-7H2,1H3. The van der Waals surface area contributed by atoms with Crippen molar-refractivity contribution in [3.8, 4) is 0 Å². The van der Waals surface area contributed by atoms with Gasteiger partial charge >= 0.3 is 6.18 Å². The third kappa shape index (κ3) is 5.96. The number of ether oxygens (including phenoxy) is 2. The molecule has 0 radical (unpaired) electrons. The van der Waals surface area contributed by atoms with Gasteiger partial charge in [-0.2, -0.15) is 13.2 Å². The van der Waals surface area contributed by atoms with E-state index >= 15 is 0 Å². The highest BCUT2D eigenvalue weighted by molar-refractivity contribution is 4.61. The Bertz CT molecular complexity index is 181. The van der Waals surface area contributed by atoms with Crippen LogP contribution in [0.1, 0.15) is 12.8 Å². The Kier molecular flexibility index (Phi) is 4.82. The van der Waals surface area contributed by atoms with Crippen molar-refractivity contribution in [3.63, 3.8) is 0 Å². The molecule has 0 aromatic rings. The molecule has 0 bridgehead atoms. The van der Waals surface area contributed by atoms with E-state index in [1.54, 1.807) is 0 Å². The van der Waals surface area contributed by atoms with E-state index in [0.717, 1.165) is 6.42 Å². The minimum atomic E-state index is -4.14. The fourth-order valence-electron chi connectivity index (χ4n) is 1.41. The maximum atomic E-state index is 12.0. The zero-order valence-corrected chi connectivity index (χ0v) is 8.72. The second-order valence-corrected chi connectivity index (χ2v) is 3.67. The highest BCUT2D eigenvalue weighted by Gasteiger charge is 2.29. The number of hydrogen-bond acceptors (Lipinski definition) is 3. The summed E-state index contributed by atoms with van der Waals surface area (Å²) in [4.78, 5) is 1.22. The van der Waals surface area contributed by atoms with E-state index in [-0.39, 0.29) is 6.29 Å². The number of nitrogens with zero attached hydrogens (tertiary/aromatic N) is 1. The van der Waals surface area contributed by atoms with Crippen LogP contribution in [0.25, 0.3) is 0 Å². The van der Waals surface area contributed by atoms with Crippen LogP contribution in [0.3, 0.4) is 0 Å². The van der Waals surface area contributed by atoms with E-state index in [1.165, 1.54) is 11.9 Å². The lowest BCUT2D eigenvalue weighted by atomic mass is 10.3. The van der Waals surface area contributed by atoms with E-state index in [1.807, 2.05) is 0 Å². The third-order valence-corrected chi connectivity index (χ3v) is 2.09. The van der Waals surface area contributed by atoms with Crippen molar-refractivity contribution < 1.29 is 22.6 Å². The molecule has 0 atom stereocenters. The van der Waals surface area contributed by atoms with Gasteiger partial charge in [-0.3, -0.25) is 4.90 Å². The fourth-order valence-corrected chi connectivity index (χ4v) is 1.41. The zero-order valence-electron chi connectivity index (χ0n) is 8.72. The van der Waals surface area contributed by atoms with Gasteiger partial charge < -0.3 is 9.47 Å². The number of halogens is 3.